The third kappa shape index (κ3) is 2.68. The van der Waals surface area contributed by atoms with Crippen molar-refractivity contribution in [3.63, 3.8) is 0 Å². The number of carbonyl (C=O) groups is 1. The zero-order valence-electron chi connectivity index (χ0n) is 10.5. The molecule has 0 unspecified atom stereocenters. The maximum Gasteiger partial charge on any atom is 0.222 e. The van der Waals surface area contributed by atoms with Crippen LogP contribution in [0.15, 0.2) is 24.3 Å². The first kappa shape index (κ1) is 13.4. The first-order chi connectivity index (χ1) is 8.55. The summed E-state index contributed by atoms with van der Waals surface area (Å²) >= 11 is 5.84. The number of halogens is 1. The Hall–Kier alpha value is -1.06. The van der Waals surface area contributed by atoms with Crippen LogP contribution in [-0.4, -0.2) is 29.0 Å². The minimum absolute atomic E-state index is 0.160. The summed E-state index contributed by atoms with van der Waals surface area (Å²) in [5.41, 5.74) is 0.0604. The number of piperidine rings is 1. The molecule has 0 atom stereocenters. The lowest BCUT2D eigenvalue weighted by molar-refractivity contribution is -0.135. The van der Waals surface area contributed by atoms with Crippen molar-refractivity contribution in [2.75, 3.05) is 13.1 Å². The van der Waals surface area contributed by atoms with Crippen LogP contribution in [-0.2, 0) is 10.4 Å². The summed E-state index contributed by atoms with van der Waals surface area (Å²) < 4.78 is 0. The van der Waals surface area contributed by atoms with Gasteiger partial charge in [-0.1, -0.05) is 30.7 Å². The van der Waals surface area contributed by atoms with Crippen LogP contribution < -0.4 is 0 Å². The van der Waals surface area contributed by atoms with Crippen LogP contribution in [0.3, 0.4) is 0 Å². The predicted molar refractivity (Wildman–Crippen MR) is 71.5 cm³/mol. The maximum atomic E-state index is 11.6. The molecule has 18 heavy (non-hydrogen) atoms. The zero-order chi connectivity index (χ0) is 13.2. The lowest BCUT2D eigenvalue weighted by atomic mass is 9.84. The minimum atomic E-state index is -0.824. The van der Waals surface area contributed by atoms with E-state index in [0.29, 0.717) is 37.4 Å². The number of carbonyl (C=O) groups excluding carboxylic acids is 1. The van der Waals surface area contributed by atoms with E-state index in [0.717, 1.165) is 5.56 Å². The van der Waals surface area contributed by atoms with E-state index in [1.807, 2.05) is 24.0 Å². The van der Waals surface area contributed by atoms with Crippen molar-refractivity contribution in [2.24, 2.45) is 0 Å². The molecule has 1 aromatic rings. The number of nitrogens with zero attached hydrogens (tertiary/aromatic N) is 1. The number of hydrogen-bond acceptors (Lipinski definition) is 2. The number of hydrogen-bond donors (Lipinski definition) is 1. The second kappa shape index (κ2) is 5.29. The molecule has 0 spiro atoms. The van der Waals surface area contributed by atoms with E-state index in [1.165, 1.54) is 0 Å². The second-order valence-corrected chi connectivity index (χ2v) is 5.21. The summed E-state index contributed by atoms with van der Waals surface area (Å²) in [6, 6.07) is 7.30. The van der Waals surface area contributed by atoms with Crippen molar-refractivity contribution < 1.29 is 9.90 Å². The van der Waals surface area contributed by atoms with Gasteiger partial charge in [0.05, 0.1) is 5.60 Å². The molecule has 1 fully saturated rings. The molecule has 98 valence electrons. The first-order valence-corrected chi connectivity index (χ1v) is 6.69. The fourth-order valence-corrected chi connectivity index (χ4v) is 2.52. The van der Waals surface area contributed by atoms with Gasteiger partial charge in [0, 0.05) is 24.5 Å². The molecule has 0 saturated carbocycles. The number of benzene rings is 1. The normalized spacial score (nSPS) is 18.7. The molecule has 1 aromatic carbocycles. The van der Waals surface area contributed by atoms with Gasteiger partial charge < -0.3 is 10.0 Å². The number of likely N-dealkylation sites (tertiary alicyclic amines) is 1. The Balaban J connectivity index is 2.07. The van der Waals surface area contributed by atoms with Gasteiger partial charge in [0.1, 0.15) is 0 Å². The van der Waals surface area contributed by atoms with Gasteiger partial charge in [-0.25, -0.2) is 0 Å². The second-order valence-electron chi connectivity index (χ2n) is 4.77. The van der Waals surface area contributed by atoms with Crippen LogP contribution >= 0.6 is 11.6 Å². The molecule has 1 amide bonds. The lowest BCUT2D eigenvalue weighted by Crippen LogP contribution is -2.44. The third-order valence-corrected chi connectivity index (χ3v) is 3.88. The molecule has 1 heterocycles. The molecule has 1 aliphatic heterocycles. The van der Waals surface area contributed by atoms with Crippen molar-refractivity contribution in [2.45, 2.75) is 31.8 Å². The number of rotatable bonds is 2. The van der Waals surface area contributed by atoms with Gasteiger partial charge in [-0.15, -0.1) is 0 Å². The summed E-state index contributed by atoms with van der Waals surface area (Å²) in [4.78, 5) is 13.4. The molecule has 0 aliphatic carbocycles. The Morgan fingerprint density at radius 2 is 1.89 bits per heavy atom. The van der Waals surface area contributed by atoms with E-state index in [9.17, 15) is 9.90 Å². The van der Waals surface area contributed by atoms with E-state index in [1.54, 1.807) is 12.1 Å². The van der Waals surface area contributed by atoms with Gasteiger partial charge in [-0.05, 0) is 30.5 Å². The molecular weight excluding hydrogens is 250 g/mol. The van der Waals surface area contributed by atoms with Crippen LogP contribution in [0.1, 0.15) is 31.7 Å². The molecule has 3 nitrogen and oxygen atoms in total. The lowest BCUT2D eigenvalue weighted by Gasteiger charge is -2.38. The molecular formula is C14H18ClNO2. The number of amides is 1. The average Bonchev–Trinajstić information content (AvgIpc) is 2.39. The Labute approximate surface area is 112 Å². The summed E-state index contributed by atoms with van der Waals surface area (Å²) in [5.74, 6) is 0.160. The van der Waals surface area contributed by atoms with Crippen LogP contribution in [0.5, 0.6) is 0 Å². The highest BCUT2D eigenvalue weighted by Gasteiger charge is 2.34. The van der Waals surface area contributed by atoms with Crippen molar-refractivity contribution in [1.82, 2.24) is 4.90 Å². The van der Waals surface area contributed by atoms with E-state index >= 15 is 0 Å². The smallest absolute Gasteiger partial charge is 0.222 e. The summed E-state index contributed by atoms with van der Waals surface area (Å²) in [5, 5.41) is 11.3. The van der Waals surface area contributed by atoms with Crippen LogP contribution in [0, 0.1) is 0 Å². The molecule has 0 aromatic heterocycles. The van der Waals surface area contributed by atoms with Gasteiger partial charge in [0.2, 0.25) is 5.91 Å². The van der Waals surface area contributed by atoms with Gasteiger partial charge in [0.25, 0.3) is 0 Å². The van der Waals surface area contributed by atoms with Crippen LogP contribution in [0.4, 0.5) is 0 Å². The van der Waals surface area contributed by atoms with Crippen LogP contribution in [0.2, 0.25) is 5.02 Å². The predicted octanol–water partition coefficient (Wildman–Crippen LogP) is 2.56. The number of aliphatic hydroxyl groups is 1. The van der Waals surface area contributed by atoms with Gasteiger partial charge in [0.15, 0.2) is 0 Å². The largest absolute Gasteiger partial charge is 0.385 e. The highest BCUT2D eigenvalue weighted by molar-refractivity contribution is 6.30. The van der Waals surface area contributed by atoms with Crippen molar-refractivity contribution in [3.8, 4) is 0 Å². The molecule has 1 saturated heterocycles. The molecule has 0 bridgehead atoms. The molecule has 1 aliphatic rings. The van der Waals surface area contributed by atoms with Gasteiger partial charge in [-0.2, -0.15) is 0 Å². The Morgan fingerprint density at radius 3 is 2.39 bits per heavy atom. The van der Waals surface area contributed by atoms with E-state index in [-0.39, 0.29) is 5.91 Å². The highest BCUT2D eigenvalue weighted by Crippen LogP contribution is 2.33. The third-order valence-electron chi connectivity index (χ3n) is 3.63. The Bertz CT molecular complexity index is 422. The standard InChI is InChI=1S/C14H18ClNO2/c1-2-13(17)16-9-7-14(18,8-10-16)11-3-5-12(15)6-4-11/h3-6,18H,2,7-10H2,1H3. The van der Waals surface area contributed by atoms with Gasteiger partial charge >= 0.3 is 0 Å². The summed E-state index contributed by atoms with van der Waals surface area (Å²) in [6.45, 7) is 3.10. The van der Waals surface area contributed by atoms with E-state index < -0.39 is 5.60 Å². The van der Waals surface area contributed by atoms with Gasteiger partial charge in [-0.3, -0.25) is 4.79 Å². The fourth-order valence-electron chi connectivity index (χ4n) is 2.40. The maximum absolute atomic E-state index is 11.6. The van der Waals surface area contributed by atoms with Crippen molar-refractivity contribution >= 4 is 17.5 Å². The summed E-state index contributed by atoms with van der Waals surface area (Å²) in [7, 11) is 0. The molecule has 4 heteroatoms. The van der Waals surface area contributed by atoms with E-state index in [2.05, 4.69) is 0 Å². The topological polar surface area (TPSA) is 40.5 Å². The Morgan fingerprint density at radius 1 is 1.33 bits per heavy atom. The average molecular weight is 268 g/mol. The Kier molecular flexibility index (Phi) is 3.93. The fraction of sp³-hybridized carbons (Fsp3) is 0.500. The SMILES string of the molecule is CCC(=O)N1CCC(O)(c2ccc(Cl)cc2)CC1. The molecule has 2 rings (SSSR count). The van der Waals surface area contributed by atoms with Crippen molar-refractivity contribution in [3.05, 3.63) is 34.9 Å². The quantitative estimate of drug-likeness (QED) is 0.895. The highest BCUT2D eigenvalue weighted by atomic mass is 35.5. The van der Waals surface area contributed by atoms with E-state index in [4.69, 9.17) is 11.6 Å². The minimum Gasteiger partial charge on any atom is -0.385 e. The van der Waals surface area contributed by atoms with Crippen LogP contribution in [0.25, 0.3) is 0 Å². The first-order valence-electron chi connectivity index (χ1n) is 6.31. The van der Waals surface area contributed by atoms with Crippen molar-refractivity contribution in [1.29, 1.82) is 0 Å². The zero-order valence-corrected chi connectivity index (χ0v) is 11.3. The monoisotopic (exact) mass is 267 g/mol. The molecule has 1 N–H and O–H groups in total. The summed E-state index contributed by atoms with van der Waals surface area (Å²) in [6.07, 6.45) is 1.69. The molecule has 0 radical (unpaired) electrons.